The lowest BCUT2D eigenvalue weighted by Crippen LogP contribution is -2.22. The average Bonchev–Trinajstić information content (AvgIpc) is 3.05. The van der Waals surface area contributed by atoms with E-state index < -0.39 is 24.5 Å². The van der Waals surface area contributed by atoms with Crippen LogP contribution in [0.5, 0.6) is 0 Å². The number of alkyl halides is 5. The summed E-state index contributed by atoms with van der Waals surface area (Å²) in [5.74, 6) is 0. The molecule has 0 aliphatic carbocycles. The van der Waals surface area contributed by atoms with Gasteiger partial charge >= 0.3 is 6.18 Å². The molecular formula is C17H16F5NO2S. The van der Waals surface area contributed by atoms with E-state index in [0.717, 1.165) is 25.0 Å². The molecule has 0 N–H and O–H groups in total. The second-order valence-corrected chi connectivity index (χ2v) is 6.85. The number of nitrogens with zero attached hydrogens (tertiary/aromatic N) is 1. The molecule has 0 bridgehead atoms. The van der Waals surface area contributed by atoms with E-state index in [4.69, 9.17) is 9.47 Å². The SMILES string of the molecule is FC(F)c1sc(-c2cccc(C(F)(F)F)c2)nc1COC1CCCCO1. The minimum absolute atomic E-state index is 0.0339. The van der Waals surface area contributed by atoms with Crippen LogP contribution in [-0.2, 0) is 22.3 Å². The van der Waals surface area contributed by atoms with Crippen LogP contribution in [-0.4, -0.2) is 17.9 Å². The minimum atomic E-state index is -4.51. The first-order chi connectivity index (χ1) is 12.3. The summed E-state index contributed by atoms with van der Waals surface area (Å²) in [6.45, 7) is 0.388. The third-order valence-electron chi connectivity index (χ3n) is 3.91. The van der Waals surface area contributed by atoms with E-state index in [2.05, 4.69) is 4.98 Å². The smallest absolute Gasteiger partial charge is 0.353 e. The summed E-state index contributed by atoms with van der Waals surface area (Å²) >= 11 is 0.677. The molecule has 0 amide bonds. The summed E-state index contributed by atoms with van der Waals surface area (Å²) < 4.78 is 76.0. The highest BCUT2D eigenvalue weighted by atomic mass is 32.1. The highest BCUT2D eigenvalue weighted by Gasteiger charge is 2.31. The van der Waals surface area contributed by atoms with Crippen molar-refractivity contribution >= 4 is 11.3 Å². The Morgan fingerprint density at radius 3 is 2.73 bits per heavy atom. The summed E-state index contributed by atoms with van der Waals surface area (Å²) in [4.78, 5) is 3.80. The van der Waals surface area contributed by atoms with Crippen LogP contribution in [0, 0.1) is 0 Å². The lowest BCUT2D eigenvalue weighted by molar-refractivity contribution is -0.169. The Labute approximate surface area is 150 Å². The summed E-state index contributed by atoms with van der Waals surface area (Å²) in [5, 5.41) is 0.106. The van der Waals surface area contributed by atoms with Crippen LogP contribution in [0.4, 0.5) is 22.0 Å². The number of rotatable bonds is 5. The van der Waals surface area contributed by atoms with Gasteiger partial charge in [-0.25, -0.2) is 13.8 Å². The minimum Gasteiger partial charge on any atom is -0.353 e. The van der Waals surface area contributed by atoms with Crippen molar-refractivity contribution in [3.63, 3.8) is 0 Å². The largest absolute Gasteiger partial charge is 0.416 e. The van der Waals surface area contributed by atoms with E-state index in [1.165, 1.54) is 12.1 Å². The molecule has 1 aromatic carbocycles. The molecule has 9 heteroatoms. The molecule has 0 radical (unpaired) electrons. The van der Waals surface area contributed by atoms with Gasteiger partial charge in [0.15, 0.2) is 6.29 Å². The van der Waals surface area contributed by atoms with E-state index in [-0.39, 0.29) is 27.7 Å². The molecule has 142 valence electrons. The summed E-state index contributed by atoms with van der Waals surface area (Å²) in [5.41, 5.74) is -0.671. The number of ether oxygens (including phenoxy) is 2. The standard InChI is InChI=1S/C17H16F5NO2S/c18-15(19)14-12(9-25-13-6-1-2-7-24-13)23-16(26-14)10-4-3-5-11(8-10)17(20,21)22/h3-5,8,13,15H,1-2,6-7,9H2. The van der Waals surface area contributed by atoms with E-state index in [9.17, 15) is 22.0 Å². The molecular weight excluding hydrogens is 377 g/mol. The quantitative estimate of drug-likeness (QED) is 0.601. The van der Waals surface area contributed by atoms with Crippen LogP contribution in [0.2, 0.25) is 0 Å². The lowest BCUT2D eigenvalue weighted by Gasteiger charge is -2.22. The fraction of sp³-hybridized carbons (Fsp3) is 0.471. The molecule has 2 heterocycles. The average molecular weight is 393 g/mol. The number of hydrogen-bond donors (Lipinski definition) is 0. The van der Waals surface area contributed by atoms with Gasteiger partial charge in [0.25, 0.3) is 6.43 Å². The van der Waals surface area contributed by atoms with Gasteiger partial charge in [-0.3, -0.25) is 0 Å². The second-order valence-electron chi connectivity index (χ2n) is 5.82. The topological polar surface area (TPSA) is 31.4 Å². The van der Waals surface area contributed by atoms with Crippen molar-refractivity contribution in [1.29, 1.82) is 0 Å². The fourth-order valence-corrected chi connectivity index (χ4v) is 3.52. The zero-order valence-electron chi connectivity index (χ0n) is 13.6. The molecule has 1 aromatic heterocycles. The third-order valence-corrected chi connectivity index (χ3v) is 5.06. The molecule has 1 aliphatic rings. The van der Waals surface area contributed by atoms with Gasteiger partial charge in [0.05, 0.1) is 22.7 Å². The molecule has 1 atom stereocenters. The van der Waals surface area contributed by atoms with Crippen molar-refractivity contribution in [2.75, 3.05) is 6.61 Å². The lowest BCUT2D eigenvalue weighted by atomic mass is 10.1. The first kappa shape index (κ1) is 19.2. The van der Waals surface area contributed by atoms with Gasteiger partial charge in [-0.2, -0.15) is 13.2 Å². The Morgan fingerprint density at radius 1 is 1.27 bits per heavy atom. The van der Waals surface area contributed by atoms with Gasteiger partial charge in [0, 0.05) is 12.2 Å². The van der Waals surface area contributed by atoms with Gasteiger partial charge in [-0.15, -0.1) is 11.3 Å². The summed E-state index contributed by atoms with van der Waals surface area (Å²) in [6.07, 6.45) is -5.22. The van der Waals surface area contributed by atoms with Gasteiger partial charge in [0.2, 0.25) is 0 Å². The van der Waals surface area contributed by atoms with E-state index >= 15 is 0 Å². The molecule has 1 saturated heterocycles. The summed E-state index contributed by atoms with van der Waals surface area (Å²) in [7, 11) is 0. The Hall–Kier alpha value is -1.58. The van der Waals surface area contributed by atoms with Crippen molar-refractivity contribution in [3.05, 3.63) is 40.4 Å². The predicted octanol–water partition coefficient (Wildman–Crippen LogP) is 5.81. The number of halogens is 5. The van der Waals surface area contributed by atoms with E-state index in [1.807, 2.05) is 0 Å². The van der Waals surface area contributed by atoms with Crippen LogP contribution >= 0.6 is 11.3 Å². The van der Waals surface area contributed by atoms with Gasteiger partial charge in [-0.1, -0.05) is 12.1 Å². The molecule has 3 nitrogen and oxygen atoms in total. The Morgan fingerprint density at radius 2 is 2.08 bits per heavy atom. The van der Waals surface area contributed by atoms with Crippen LogP contribution in [0.25, 0.3) is 10.6 Å². The molecule has 0 spiro atoms. The monoisotopic (exact) mass is 393 g/mol. The first-order valence-corrected chi connectivity index (χ1v) is 8.85. The predicted molar refractivity (Wildman–Crippen MR) is 85.9 cm³/mol. The fourth-order valence-electron chi connectivity index (χ4n) is 2.60. The number of aromatic nitrogens is 1. The normalized spacial score (nSPS) is 18.5. The maximum Gasteiger partial charge on any atom is 0.416 e. The molecule has 0 saturated carbocycles. The van der Waals surface area contributed by atoms with Crippen LogP contribution < -0.4 is 0 Å². The Bertz CT molecular complexity index is 741. The molecule has 26 heavy (non-hydrogen) atoms. The van der Waals surface area contributed by atoms with Crippen molar-refractivity contribution < 1.29 is 31.4 Å². The number of thiazole rings is 1. The van der Waals surface area contributed by atoms with Crippen LogP contribution in [0.3, 0.4) is 0 Å². The van der Waals surface area contributed by atoms with Gasteiger partial charge in [0.1, 0.15) is 5.01 Å². The molecule has 1 aliphatic heterocycles. The van der Waals surface area contributed by atoms with Gasteiger partial charge in [-0.05, 0) is 31.4 Å². The molecule has 3 rings (SSSR count). The van der Waals surface area contributed by atoms with Crippen LogP contribution in [0.15, 0.2) is 24.3 Å². The van der Waals surface area contributed by atoms with E-state index in [1.54, 1.807) is 0 Å². The maximum atomic E-state index is 13.3. The summed E-state index contributed by atoms with van der Waals surface area (Å²) in [6, 6.07) is 4.48. The van der Waals surface area contributed by atoms with Crippen molar-refractivity contribution in [3.8, 4) is 10.6 Å². The zero-order valence-corrected chi connectivity index (χ0v) is 14.4. The van der Waals surface area contributed by atoms with E-state index in [0.29, 0.717) is 24.4 Å². The number of hydrogen-bond acceptors (Lipinski definition) is 4. The van der Waals surface area contributed by atoms with Crippen molar-refractivity contribution in [2.45, 2.75) is 44.8 Å². The van der Waals surface area contributed by atoms with Crippen molar-refractivity contribution in [1.82, 2.24) is 4.98 Å². The highest BCUT2D eigenvalue weighted by Crippen LogP contribution is 2.37. The Balaban J connectivity index is 1.82. The highest BCUT2D eigenvalue weighted by molar-refractivity contribution is 7.15. The first-order valence-electron chi connectivity index (χ1n) is 8.03. The van der Waals surface area contributed by atoms with Crippen molar-refractivity contribution in [2.24, 2.45) is 0 Å². The number of benzene rings is 1. The molecule has 1 fully saturated rings. The Kier molecular flexibility index (Phi) is 5.89. The van der Waals surface area contributed by atoms with Gasteiger partial charge < -0.3 is 9.47 Å². The molecule has 2 aromatic rings. The zero-order chi connectivity index (χ0) is 18.7. The second kappa shape index (κ2) is 7.98. The third kappa shape index (κ3) is 4.57. The molecule has 1 unspecified atom stereocenters. The maximum absolute atomic E-state index is 13.3. The van der Waals surface area contributed by atoms with Crippen LogP contribution in [0.1, 0.15) is 41.8 Å².